The van der Waals surface area contributed by atoms with E-state index >= 15 is 0 Å². The highest BCUT2D eigenvalue weighted by molar-refractivity contribution is 7.98. The smallest absolute Gasteiger partial charge is 0.0155 e. The SMILES string of the molecule is CSCC(C)N(C)CC1CCCCC1N. The minimum atomic E-state index is 0.447. The minimum Gasteiger partial charge on any atom is -0.327 e. The predicted octanol–water partition coefficient (Wildman–Crippen LogP) is 2.19. The van der Waals surface area contributed by atoms with Crippen LogP contribution in [0.2, 0.25) is 0 Å². The molecule has 1 aliphatic carbocycles. The van der Waals surface area contributed by atoms with Crippen molar-refractivity contribution in [1.82, 2.24) is 4.90 Å². The first-order valence-corrected chi connectivity index (χ1v) is 7.49. The van der Waals surface area contributed by atoms with Gasteiger partial charge in [0.05, 0.1) is 0 Å². The van der Waals surface area contributed by atoms with Crippen LogP contribution >= 0.6 is 11.8 Å². The average molecular weight is 230 g/mol. The summed E-state index contributed by atoms with van der Waals surface area (Å²) in [5, 5.41) is 0. The van der Waals surface area contributed by atoms with Gasteiger partial charge in [-0.2, -0.15) is 11.8 Å². The van der Waals surface area contributed by atoms with Crippen LogP contribution in [0.4, 0.5) is 0 Å². The Morgan fingerprint density at radius 2 is 2.07 bits per heavy atom. The topological polar surface area (TPSA) is 29.3 Å². The number of rotatable bonds is 5. The highest BCUT2D eigenvalue weighted by Gasteiger charge is 2.24. The Kier molecular flexibility index (Phi) is 6.02. The van der Waals surface area contributed by atoms with Crippen molar-refractivity contribution in [1.29, 1.82) is 0 Å². The maximum atomic E-state index is 6.17. The van der Waals surface area contributed by atoms with Gasteiger partial charge in [-0.3, -0.25) is 0 Å². The summed E-state index contributed by atoms with van der Waals surface area (Å²) in [6.07, 6.45) is 7.45. The molecule has 0 aromatic rings. The van der Waals surface area contributed by atoms with Gasteiger partial charge in [0.25, 0.3) is 0 Å². The van der Waals surface area contributed by atoms with E-state index in [2.05, 4.69) is 25.1 Å². The van der Waals surface area contributed by atoms with Crippen molar-refractivity contribution < 1.29 is 0 Å². The van der Waals surface area contributed by atoms with E-state index in [0.29, 0.717) is 12.1 Å². The molecule has 0 spiro atoms. The van der Waals surface area contributed by atoms with Crippen LogP contribution in [0, 0.1) is 5.92 Å². The van der Waals surface area contributed by atoms with Gasteiger partial charge in [-0.15, -0.1) is 0 Å². The molecule has 1 saturated carbocycles. The van der Waals surface area contributed by atoms with Crippen molar-refractivity contribution in [2.75, 3.05) is 25.6 Å². The number of hydrogen-bond acceptors (Lipinski definition) is 3. The largest absolute Gasteiger partial charge is 0.327 e. The van der Waals surface area contributed by atoms with Gasteiger partial charge in [0.1, 0.15) is 0 Å². The first kappa shape index (κ1) is 13.3. The number of nitrogens with two attached hydrogens (primary N) is 1. The van der Waals surface area contributed by atoms with E-state index in [-0.39, 0.29) is 0 Å². The standard InChI is InChI=1S/C12H26N2S/c1-10(9-15-3)14(2)8-11-6-4-5-7-12(11)13/h10-12H,4-9,13H2,1-3H3. The highest BCUT2D eigenvalue weighted by atomic mass is 32.2. The van der Waals surface area contributed by atoms with Gasteiger partial charge in [-0.1, -0.05) is 12.8 Å². The molecule has 0 heterocycles. The van der Waals surface area contributed by atoms with Gasteiger partial charge < -0.3 is 10.6 Å². The Hall–Kier alpha value is 0.270. The third-order valence-electron chi connectivity index (χ3n) is 3.65. The quantitative estimate of drug-likeness (QED) is 0.785. The Morgan fingerprint density at radius 1 is 1.40 bits per heavy atom. The Bertz CT molecular complexity index is 175. The zero-order chi connectivity index (χ0) is 11.3. The summed E-state index contributed by atoms with van der Waals surface area (Å²) < 4.78 is 0. The molecular formula is C12H26N2S. The molecule has 0 amide bonds. The summed E-state index contributed by atoms with van der Waals surface area (Å²) in [5.41, 5.74) is 6.17. The lowest BCUT2D eigenvalue weighted by Crippen LogP contribution is -2.43. The second kappa shape index (κ2) is 6.77. The maximum Gasteiger partial charge on any atom is 0.0155 e. The van der Waals surface area contributed by atoms with Crippen LogP contribution in [0.15, 0.2) is 0 Å². The first-order valence-electron chi connectivity index (χ1n) is 6.10. The van der Waals surface area contributed by atoms with E-state index in [1.807, 2.05) is 11.8 Å². The van der Waals surface area contributed by atoms with Gasteiger partial charge in [-0.25, -0.2) is 0 Å². The highest BCUT2D eigenvalue weighted by Crippen LogP contribution is 2.24. The lowest BCUT2D eigenvalue weighted by molar-refractivity contribution is 0.185. The molecule has 0 bridgehead atoms. The lowest BCUT2D eigenvalue weighted by Gasteiger charge is -2.34. The van der Waals surface area contributed by atoms with Gasteiger partial charge in [0, 0.05) is 24.4 Å². The van der Waals surface area contributed by atoms with Crippen LogP contribution in [-0.2, 0) is 0 Å². The van der Waals surface area contributed by atoms with Crippen molar-refractivity contribution in [3.8, 4) is 0 Å². The molecule has 1 aliphatic rings. The van der Waals surface area contributed by atoms with Crippen LogP contribution in [0.5, 0.6) is 0 Å². The molecule has 1 rings (SSSR count). The third kappa shape index (κ3) is 4.33. The molecule has 3 unspecified atom stereocenters. The molecule has 0 aliphatic heterocycles. The summed E-state index contributed by atoms with van der Waals surface area (Å²) in [4.78, 5) is 2.48. The number of hydrogen-bond donors (Lipinski definition) is 1. The average Bonchev–Trinajstić information content (AvgIpc) is 2.21. The fourth-order valence-corrected chi connectivity index (χ4v) is 3.12. The molecule has 0 aromatic carbocycles. The van der Waals surface area contributed by atoms with E-state index in [9.17, 15) is 0 Å². The van der Waals surface area contributed by atoms with Crippen molar-refractivity contribution in [3.63, 3.8) is 0 Å². The summed E-state index contributed by atoms with van der Waals surface area (Å²) in [5.74, 6) is 1.95. The molecule has 3 atom stereocenters. The van der Waals surface area contributed by atoms with Gasteiger partial charge in [0.2, 0.25) is 0 Å². The maximum absolute atomic E-state index is 6.17. The zero-order valence-corrected chi connectivity index (χ0v) is 11.2. The van der Waals surface area contributed by atoms with Crippen LogP contribution < -0.4 is 5.73 Å². The molecule has 3 heteroatoms. The molecule has 0 radical (unpaired) electrons. The molecule has 90 valence electrons. The molecule has 0 aromatic heterocycles. The lowest BCUT2D eigenvalue weighted by atomic mass is 9.84. The van der Waals surface area contributed by atoms with Gasteiger partial charge >= 0.3 is 0 Å². The molecule has 2 nitrogen and oxygen atoms in total. The van der Waals surface area contributed by atoms with E-state index in [1.54, 1.807) is 0 Å². The summed E-state index contributed by atoms with van der Waals surface area (Å²) in [7, 11) is 2.24. The van der Waals surface area contributed by atoms with Crippen LogP contribution in [0.25, 0.3) is 0 Å². The van der Waals surface area contributed by atoms with Crippen LogP contribution in [0.3, 0.4) is 0 Å². The molecule has 15 heavy (non-hydrogen) atoms. The van der Waals surface area contributed by atoms with E-state index in [1.165, 1.54) is 38.0 Å². The van der Waals surface area contributed by atoms with Crippen LogP contribution in [0.1, 0.15) is 32.6 Å². The third-order valence-corrected chi connectivity index (χ3v) is 4.47. The normalized spacial score (nSPS) is 29.4. The van der Waals surface area contributed by atoms with E-state index < -0.39 is 0 Å². The predicted molar refractivity (Wildman–Crippen MR) is 70.4 cm³/mol. The molecular weight excluding hydrogens is 204 g/mol. The Labute approximate surface area is 99.0 Å². The fraction of sp³-hybridized carbons (Fsp3) is 1.00. The van der Waals surface area contributed by atoms with E-state index in [0.717, 1.165) is 5.92 Å². The second-order valence-corrected chi connectivity index (χ2v) is 5.86. The number of thioether (sulfide) groups is 1. The van der Waals surface area contributed by atoms with Gasteiger partial charge in [-0.05, 0) is 39.0 Å². The molecule has 1 fully saturated rings. The zero-order valence-electron chi connectivity index (χ0n) is 10.4. The first-order chi connectivity index (χ1) is 7.15. The second-order valence-electron chi connectivity index (χ2n) is 4.95. The summed E-state index contributed by atoms with van der Waals surface area (Å²) in [6, 6.07) is 1.12. The summed E-state index contributed by atoms with van der Waals surface area (Å²) in [6.45, 7) is 3.49. The van der Waals surface area contributed by atoms with Crippen molar-refractivity contribution in [2.24, 2.45) is 11.7 Å². The molecule has 0 saturated heterocycles. The van der Waals surface area contributed by atoms with Gasteiger partial charge in [0.15, 0.2) is 0 Å². The molecule has 2 N–H and O–H groups in total. The van der Waals surface area contributed by atoms with E-state index in [4.69, 9.17) is 5.73 Å². The van der Waals surface area contributed by atoms with Crippen LogP contribution in [-0.4, -0.2) is 42.6 Å². The summed E-state index contributed by atoms with van der Waals surface area (Å²) >= 11 is 1.93. The van der Waals surface area contributed by atoms with Crippen molar-refractivity contribution in [3.05, 3.63) is 0 Å². The Morgan fingerprint density at radius 3 is 2.67 bits per heavy atom. The van der Waals surface area contributed by atoms with Crippen molar-refractivity contribution >= 4 is 11.8 Å². The van der Waals surface area contributed by atoms with Crippen molar-refractivity contribution in [2.45, 2.75) is 44.7 Å². The Balaban J connectivity index is 2.32. The minimum absolute atomic E-state index is 0.447. The number of nitrogens with zero attached hydrogens (tertiary/aromatic N) is 1. The monoisotopic (exact) mass is 230 g/mol. The fourth-order valence-electron chi connectivity index (χ4n) is 2.38.